The maximum Gasteiger partial charge on any atom is 0.325 e. The number of benzene rings is 2. The Balaban J connectivity index is 1.44. The average molecular weight is 597 g/mol. The van der Waals surface area contributed by atoms with Crippen molar-refractivity contribution in [3.05, 3.63) is 59.2 Å². The highest BCUT2D eigenvalue weighted by Gasteiger charge is 2.39. The summed E-state index contributed by atoms with van der Waals surface area (Å²) in [4.78, 5) is 64.7. The van der Waals surface area contributed by atoms with Crippen LogP contribution >= 0.6 is 11.8 Å². The zero-order chi connectivity index (χ0) is 30.4. The van der Waals surface area contributed by atoms with E-state index in [1.54, 1.807) is 29.0 Å². The molecule has 11 nitrogen and oxygen atoms in total. The number of ether oxygens (including phenoxy) is 1. The molecule has 0 bridgehead atoms. The summed E-state index contributed by atoms with van der Waals surface area (Å²) in [6, 6.07) is 10.2. The molecule has 224 valence electrons. The van der Waals surface area contributed by atoms with Crippen molar-refractivity contribution in [3.63, 3.8) is 0 Å². The van der Waals surface area contributed by atoms with Crippen LogP contribution in [0.2, 0.25) is 0 Å². The van der Waals surface area contributed by atoms with E-state index in [0.29, 0.717) is 42.8 Å². The number of rotatable bonds is 10. The van der Waals surface area contributed by atoms with E-state index in [1.807, 2.05) is 18.2 Å². The predicted octanol–water partition coefficient (Wildman–Crippen LogP) is 2.52. The molecule has 1 fully saturated rings. The van der Waals surface area contributed by atoms with Crippen molar-refractivity contribution in [2.24, 2.45) is 5.92 Å². The van der Waals surface area contributed by atoms with Crippen LogP contribution in [0.3, 0.4) is 0 Å². The number of carbonyl (C=O) groups is 5. The Bertz CT molecular complexity index is 1350. The van der Waals surface area contributed by atoms with E-state index >= 15 is 0 Å². The van der Waals surface area contributed by atoms with Gasteiger partial charge in [0.2, 0.25) is 5.91 Å². The Labute approximate surface area is 248 Å². The number of likely N-dealkylation sites (tertiary alicyclic amines) is 1. The molecule has 2 aliphatic heterocycles. The van der Waals surface area contributed by atoms with E-state index in [4.69, 9.17) is 4.74 Å². The first-order valence-electron chi connectivity index (χ1n) is 13.8. The number of phenols is 1. The summed E-state index contributed by atoms with van der Waals surface area (Å²) in [6.45, 7) is 3.93. The van der Waals surface area contributed by atoms with Gasteiger partial charge in [0.1, 0.15) is 17.8 Å². The molecule has 1 saturated heterocycles. The fourth-order valence-corrected chi connectivity index (χ4v) is 5.83. The number of phenolic OH excluding ortho intramolecular Hbond substituents is 1. The number of thioether (sulfide) groups is 1. The van der Waals surface area contributed by atoms with Crippen LogP contribution < -0.4 is 10.7 Å². The van der Waals surface area contributed by atoms with E-state index in [9.17, 15) is 29.1 Å². The largest absolute Gasteiger partial charge is 0.508 e. The quantitative estimate of drug-likeness (QED) is 0.276. The second kappa shape index (κ2) is 13.8. The molecule has 2 amide bonds. The standard InChI is InChI=1S/C30H36N4O7S/c1-18(17-42-19(2)35)29(39)33-12-4-5-25(33)28(38)32-34-16-22-13-23(9-6-21(22)14-26(34)30(40)41-3)31-15-27(37)20-7-10-24(36)11-8-20/h6-11,13,18,25-26,31,36H,4-5,12,14-17H2,1-3H3,(H,32,38)/t18-,25+,26?/m1/s1. The van der Waals surface area contributed by atoms with Crippen LogP contribution in [-0.4, -0.2) is 81.7 Å². The van der Waals surface area contributed by atoms with E-state index in [1.165, 1.54) is 26.2 Å². The van der Waals surface area contributed by atoms with E-state index in [0.717, 1.165) is 22.9 Å². The molecule has 12 heteroatoms. The average Bonchev–Trinajstić information content (AvgIpc) is 3.48. The predicted molar refractivity (Wildman–Crippen MR) is 158 cm³/mol. The molecule has 2 aliphatic rings. The molecule has 2 heterocycles. The van der Waals surface area contributed by atoms with Crippen LogP contribution in [-0.2, 0) is 36.9 Å². The maximum atomic E-state index is 13.5. The number of hydrazine groups is 1. The smallest absolute Gasteiger partial charge is 0.325 e. The summed E-state index contributed by atoms with van der Waals surface area (Å²) in [7, 11) is 1.30. The maximum absolute atomic E-state index is 13.5. The van der Waals surface area contributed by atoms with Crippen LogP contribution in [0.15, 0.2) is 42.5 Å². The van der Waals surface area contributed by atoms with Gasteiger partial charge in [-0.1, -0.05) is 24.8 Å². The fourth-order valence-electron chi connectivity index (χ4n) is 5.21. The molecule has 0 aromatic heterocycles. The minimum absolute atomic E-state index is 0.0453. The zero-order valence-corrected chi connectivity index (χ0v) is 24.7. The highest BCUT2D eigenvalue weighted by molar-refractivity contribution is 8.13. The van der Waals surface area contributed by atoms with E-state index in [2.05, 4.69) is 10.7 Å². The monoisotopic (exact) mass is 596 g/mol. The Hall–Kier alpha value is -3.90. The van der Waals surface area contributed by atoms with E-state index < -0.39 is 24.0 Å². The van der Waals surface area contributed by atoms with Crippen LogP contribution in [0.5, 0.6) is 5.75 Å². The van der Waals surface area contributed by atoms with Gasteiger partial charge < -0.3 is 20.1 Å². The lowest BCUT2D eigenvalue weighted by atomic mass is 9.94. The van der Waals surface area contributed by atoms with Gasteiger partial charge in [-0.05, 0) is 60.4 Å². The number of fused-ring (bicyclic) bond motifs is 1. The molecule has 0 spiro atoms. The number of nitrogens with one attached hydrogen (secondary N) is 2. The molecule has 3 N–H and O–H groups in total. The molecule has 2 aromatic carbocycles. The summed E-state index contributed by atoms with van der Waals surface area (Å²) in [5.41, 5.74) is 5.84. The first-order valence-corrected chi connectivity index (χ1v) is 14.8. The second-order valence-electron chi connectivity index (χ2n) is 10.5. The zero-order valence-electron chi connectivity index (χ0n) is 23.9. The number of ketones is 1. The molecule has 4 rings (SSSR count). The number of Topliss-reactive ketones (excluding diaryl/α,β-unsaturated/α-hetero) is 1. The van der Waals surface area contributed by atoms with Gasteiger partial charge in [0.25, 0.3) is 5.91 Å². The molecule has 2 aromatic rings. The third-order valence-electron chi connectivity index (χ3n) is 7.50. The SMILES string of the molecule is COC(=O)C1Cc2ccc(NCC(=O)c3ccc(O)cc3)cc2CN1NC(=O)[C@@H]1CCCN1C(=O)[C@H](C)CSC(C)=O. The Kier molecular flexibility index (Phi) is 10.2. The Morgan fingerprint density at radius 2 is 1.81 bits per heavy atom. The van der Waals surface area contributed by atoms with Gasteiger partial charge in [0, 0.05) is 49.4 Å². The van der Waals surface area contributed by atoms with Gasteiger partial charge in [-0.15, -0.1) is 0 Å². The number of carbonyl (C=O) groups excluding carboxylic acids is 5. The van der Waals surface area contributed by atoms with Crippen molar-refractivity contribution in [1.29, 1.82) is 0 Å². The van der Waals surface area contributed by atoms with Crippen molar-refractivity contribution in [3.8, 4) is 5.75 Å². The summed E-state index contributed by atoms with van der Waals surface area (Å²) in [5, 5.41) is 14.1. The number of anilines is 1. The van der Waals surface area contributed by atoms with Crippen molar-refractivity contribution < 1.29 is 33.8 Å². The van der Waals surface area contributed by atoms with Crippen molar-refractivity contribution in [2.75, 3.05) is 31.3 Å². The van der Waals surface area contributed by atoms with Crippen molar-refractivity contribution >= 4 is 46.1 Å². The van der Waals surface area contributed by atoms with Crippen LogP contribution in [0.1, 0.15) is 48.2 Å². The number of hydrogen-bond acceptors (Lipinski definition) is 10. The third-order valence-corrected chi connectivity index (χ3v) is 8.58. The van der Waals surface area contributed by atoms with Gasteiger partial charge in [-0.2, -0.15) is 0 Å². The highest BCUT2D eigenvalue weighted by Crippen LogP contribution is 2.27. The Morgan fingerprint density at radius 3 is 2.50 bits per heavy atom. The number of esters is 1. The summed E-state index contributed by atoms with van der Waals surface area (Å²) < 4.78 is 5.03. The highest BCUT2D eigenvalue weighted by atomic mass is 32.2. The first-order chi connectivity index (χ1) is 20.1. The van der Waals surface area contributed by atoms with Crippen molar-refractivity contribution in [1.82, 2.24) is 15.3 Å². The second-order valence-corrected chi connectivity index (χ2v) is 11.7. The van der Waals surface area contributed by atoms with Gasteiger partial charge in [0.05, 0.1) is 13.7 Å². The summed E-state index contributed by atoms with van der Waals surface area (Å²) in [5.74, 6) is -1.16. The number of aromatic hydroxyl groups is 1. The van der Waals surface area contributed by atoms with Crippen LogP contribution in [0, 0.1) is 5.92 Å². The fraction of sp³-hybridized carbons (Fsp3) is 0.433. The molecular formula is C30H36N4O7S. The lowest BCUT2D eigenvalue weighted by molar-refractivity contribution is -0.152. The molecule has 3 atom stereocenters. The minimum Gasteiger partial charge on any atom is -0.508 e. The molecule has 1 unspecified atom stereocenters. The molecule has 42 heavy (non-hydrogen) atoms. The number of nitrogens with zero attached hydrogens (tertiary/aromatic N) is 2. The topological polar surface area (TPSA) is 145 Å². The van der Waals surface area contributed by atoms with Crippen molar-refractivity contribution in [2.45, 2.75) is 51.7 Å². The molecular weight excluding hydrogens is 560 g/mol. The number of methoxy groups -OCH3 is 1. The van der Waals surface area contributed by atoms with E-state index in [-0.39, 0.29) is 41.6 Å². The summed E-state index contributed by atoms with van der Waals surface area (Å²) >= 11 is 1.09. The first kappa shape index (κ1) is 31.0. The molecule has 0 saturated carbocycles. The van der Waals surface area contributed by atoms with Gasteiger partial charge in [0.15, 0.2) is 10.9 Å². The lowest BCUT2D eigenvalue weighted by Crippen LogP contribution is -2.58. The minimum atomic E-state index is -0.752. The van der Waals surface area contributed by atoms with Gasteiger partial charge in [-0.3, -0.25) is 29.4 Å². The molecule has 0 radical (unpaired) electrons. The van der Waals surface area contributed by atoms with Crippen LogP contribution in [0.25, 0.3) is 0 Å². The molecule has 0 aliphatic carbocycles. The normalized spacial score (nSPS) is 19.0. The third kappa shape index (κ3) is 7.48. The van der Waals surface area contributed by atoms with Gasteiger partial charge >= 0.3 is 5.97 Å². The summed E-state index contributed by atoms with van der Waals surface area (Å²) in [6.07, 6.45) is 1.49. The van der Waals surface area contributed by atoms with Gasteiger partial charge in [-0.25, -0.2) is 5.01 Å². The lowest BCUT2D eigenvalue weighted by Gasteiger charge is -2.36. The number of amides is 2. The van der Waals surface area contributed by atoms with Crippen LogP contribution in [0.4, 0.5) is 5.69 Å². The number of hydrogen-bond donors (Lipinski definition) is 3. The Morgan fingerprint density at radius 1 is 1.07 bits per heavy atom.